The molecule has 0 unspecified atom stereocenters. The first kappa shape index (κ1) is 12.7. The lowest BCUT2D eigenvalue weighted by Gasteiger charge is -2.09. The lowest BCUT2D eigenvalue weighted by Crippen LogP contribution is -2.13. The Bertz CT molecular complexity index is 379. The number of fused-ring (bicyclic) bond motifs is 1. The second-order valence-corrected chi connectivity index (χ2v) is 4.90. The van der Waals surface area contributed by atoms with Crippen molar-refractivity contribution in [3.63, 3.8) is 0 Å². The molecule has 0 bridgehead atoms. The van der Waals surface area contributed by atoms with E-state index in [0.717, 1.165) is 43.3 Å². The fraction of sp³-hybridized carbons (Fsp3) is 0.571. The van der Waals surface area contributed by atoms with Gasteiger partial charge in [-0.3, -0.25) is 0 Å². The van der Waals surface area contributed by atoms with Crippen LogP contribution < -0.4 is 10.1 Å². The van der Waals surface area contributed by atoms with Crippen LogP contribution in [0.1, 0.15) is 30.9 Å². The van der Waals surface area contributed by atoms with Crippen molar-refractivity contribution in [2.75, 3.05) is 19.7 Å². The van der Waals surface area contributed by atoms with Crippen molar-refractivity contribution in [2.45, 2.75) is 32.6 Å². The molecule has 0 spiro atoms. The third-order valence-electron chi connectivity index (χ3n) is 3.13. The zero-order valence-electron chi connectivity index (χ0n) is 10.4. The first-order valence-electron chi connectivity index (χ1n) is 6.46. The van der Waals surface area contributed by atoms with Gasteiger partial charge < -0.3 is 10.1 Å². The Labute approximate surface area is 108 Å². The molecule has 0 fully saturated rings. The predicted octanol–water partition coefficient (Wildman–Crippen LogP) is 3.21. The number of aryl methyl sites for hydroxylation is 1. The van der Waals surface area contributed by atoms with Crippen LogP contribution in [0.4, 0.5) is 0 Å². The molecule has 17 heavy (non-hydrogen) atoms. The van der Waals surface area contributed by atoms with E-state index < -0.39 is 0 Å². The molecule has 1 aromatic rings. The Morgan fingerprint density at radius 3 is 3.06 bits per heavy atom. The largest absolute Gasteiger partial charge is 0.493 e. The van der Waals surface area contributed by atoms with Crippen molar-refractivity contribution in [2.24, 2.45) is 0 Å². The van der Waals surface area contributed by atoms with Gasteiger partial charge in [-0.25, -0.2) is 0 Å². The Balaban J connectivity index is 1.92. The van der Waals surface area contributed by atoms with Crippen LogP contribution in [0.3, 0.4) is 0 Å². The molecule has 0 radical (unpaired) electrons. The van der Waals surface area contributed by atoms with E-state index in [9.17, 15) is 0 Å². The molecule has 0 atom stereocenters. The highest BCUT2D eigenvalue weighted by Gasteiger charge is 2.16. The van der Waals surface area contributed by atoms with E-state index in [1.165, 1.54) is 24.0 Å². The number of rotatable bonds is 6. The second-order valence-electron chi connectivity index (χ2n) is 4.46. The molecule has 2 rings (SSSR count). The average molecular weight is 254 g/mol. The second kappa shape index (κ2) is 6.27. The van der Waals surface area contributed by atoms with Crippen molar-refractivity contribution in [1.29, 1.82) is 0 Å². The third-order valence-corrected chi connectivity index (χ3v) is 3.34. The molecule has 1 aliphatic rings. The number of halogens is 1. The van der Waals surface area contributed by atoms with E-state index in [1.54, 1.807) is 0 Å². The summed E-state index contributed by atoms with van der Waals surface area (Å²) < 4.78 is 5.69. The average Bonchev–Trinajstić information content (AvgIpc) is 2.76. The van der Waals surface area contributed by atoms with E-state index >= 15 is 0 Å². The maximum absolute atomic E-state index is 6.12. The van der Waals surface area contributed by atoms with Crippen LogP contribution in [0.5, 0.6) is 5.75 Å². The summed E-state index contributed by atoms with van der Waals surface area (Å²) in [7, 11) is 0. The lowest BCUT2D eigenvalue weighted by molar-refractivity contribution is 0.353. The SMILES string of the molecule is CCNCCCCc1cc(Cl)cc2c1OCC2. The van der Waals surface area contributed by atoms with Crippen LogP contribution in [-0.2, 0) is 12.8 Å². The van der Waals surface area contributed by atoms with Gasteiger partial charge in [0, 0.05) is 11.4 Å². The van der Waals surface area contributed by atoms with Crippen molar-refractivity contribution in [3.8, 4) is 5.75 Å². The van der Waals surface area contributed by atoms with E-state index in [2.05, 4.69) is 18.3 Å². The summed E-state index contributed by atoms with van der Waals surface area (Å²) in [4.78, 5) is 0. The molecule has 1 N–H and O–H groups in total. The molecule has 0 aliphatic carbocycles. The summed E-state index contributed by atoms with van der Waals surface area (Å²) in [5.74, 6) is 1.10. The van der Waals surface area contributed by atoms with Gasteiger partial charge in [-0.15, -0.1) is 0 Å². The van der Waals surface area contributed by atoms with Gasteiger partial charge in [0.05, 0.1) is 6.61 Å². The van der Waals surface area contributed by atoms with Crippen LogP contribution in [0, 0.1) is 0 Å². The molecular formula is C14H20ClNO. The number of benzene rings is 1. The summed E-state index contributed by atoms with van der Waals surface area (Å²) in [6.45, 7) is 5.09. The Hall–Kier alpha value is -0.730. The molecule has 1 aliphatic heterocycles. The molecule has 1 aromatic carbocycles. The fourth-order valence-corrected chi connectivity index (χ4v) is 2.54. The van der Waals surface area contributed by atoms with E-state index in [0.29, 0.717) is 0 Å². The van der Waals surface area contributed by atoms with Gasteiger partial charge >= 0.3 is 0 Å². The minimum absolute atomic E-state index is 0.806. The normalized spacial score (nSPS) is 13.5. The van der Waals surface area contributed by atoms with E-state index in [4.69, 9.17) is 16.3 Å². The van der Waals surface area contributed by atoms with Crippen molar-refractivity contribution in [3.05, 3.63) is 28.3 Å². The Morgan fingerprint density at radius 2 is 2.24 bits per heavy atom. The number of hydrogen-bond acceptors (Lipinski definition) is 2. The number of hydrogen-bond donors (Lipinski definition) is 1. The lowest BCUT2D eigenvalue weighted by atomic mass is 10.0. The topological polar surface area (TPSA) is 21.3 Å². The zero-order valence-corrected chi connectivity index (χ0v) is 11.1. The van der Waals surface area contributed by atoms with Crippen LogP contribution in [0.2, 0.25) is 5.02 Å². The summed E-state index contributed by atoms with van der Waals surface area (Å²) >= 11 is 6.12. The van der Waals surface area contributed by atoms with Gasteiger partial charge in [0.15, 0.2) is 0 Å². The molecule has 0 saturated heterocycles. The van der Waals surface area contributed by atoms with Gasteiger partial charge in [-0.05, 0) is 55.6 Å². The molecular weight excluding hydrogens is 234 g/mol. The van der Waals surface area contributed by atoms with E-state index in [1.807, 2.05) is 6.07 Å². The Kier molecular flexibility index (Phi) is 4.69. The van der Waals surface area contributed by atoms with Gasteiger partial charge in [-0.2, -0.15) is 0 Å². The van der Waals surface area contributed by atoms with E-state index in [-0.39, 0.29) is 0 Å². The highest BCUT2D eigenvalue weighted by Crippen LogP contribution is 2.33. The highest BCUT2D eigenvalue weighted by molar-refractivity contribution is 6.30. The van der Waals surface area contributed by atoms with Crippen LogP contribution in [-0.4, -0.2) is 19.7 Å². The molecule has 0 saturated carbocycles. The van der Waals surface area contributed by atoms with Gasteiger partial charge in [0.25, 0.3) is 0 Å². The van der Waals surface area contributed by atoms with Crippen molar-refractivity contribution < 1.29 is 4.74 Å². The molecule has 2 nitrogen and oxygen atoms in total. The Morgan fingerprint density at radius 1 is 1.35 bits per heavy atom. The van der Waals surface area contributed by atoms with Gasteiger partial charge in [-0.1, -0.05) is 18.5 Å². The summed E-state index contributed by atoms with van der Waals surface area (Å²) in [6, 6.07) is 4.09. The molecule has 0 aromatic heterocycles. The third kappa shape index (κ3) is 3.36. The molecule has 0 amide bonds. The summed E-state index contributed by atoms with van der Waals surface area (Å²) in [6.07, 6.45) is 4.45. The van der Waals surface area contributed by atoms with Crippen LogP contribution in [0.25, 0.3) is 0 Å². The summed E-state index contributed by atoms with van der Waals surface area (Å²) in [5.41, 5.74) is 2.56. The standard InChI is InChI=1S/C14H20ClNO/c1-2-16-7-4-3-5-11-9-13(15)10-12-6-8-17-14(11)12/h9-10,16H,2-8H2,1H3. The number of unbranched alkanes of at least 4 members (excludes halogenated alkanes) is 1. The molecule has 3 heteroatoms. The number of nitrogens with one attached hydrogen (secondary N) is 1. The van der Waals surface area contributed by atoms with Gasteiger partial charge in [0.2, 0.25) is 0 Å². The first-order chi connectivity index (χ1) is 8.31. The fourth-order valence-electron chi connectivity index (χ4n) is 2.27. The van der Waals surface area contributed by atoms with Crippen LogP contribution >= 0.6 is 11.6 Å². The summed E-state index contributed by atoms with van der Waals surface area (Å²) in [5, 5.41) is 4.18. The molecule has 94 valence electrons. The van der Waals surface area contributed by atoms with Crippen molar-refractivity contribution in [1.82, 2.24) is 5.32 Å². The molecule has 1 heterocycles. The van der Waals surface area contributed by atoms with Crippen LogP contribution in [0.15, 0.2) is 12.1 Å². The smallest absolute Gasteiger partial charge is 0.125 e. The maximum atomic E-state index is 6.12. The predicted molar refractivity (Wildman–Crippen MR) is 72.1 cm³/mol. The number of ether oxygens (including phenoxy) is 1. The van der Waals surface area contributed by atoms with Gasteiger partial charge in [0.1, 0.15) is 5.75 Å². The first-order valence-corrected chi connectivity index (χ1v) is 6.84. The van der Waals surface area contributed by atoms with Crippen molar-refractivity contribution >= 4 is 11.6 Å². The highest BCUT2D eigenvalue weighted by atomic mass is 35.5. The monoisotopic (exact) mass is 253 g/mol. The zero-order chi connectivity index (χ0) is 12.1. The minimum atomic E-state index is 0.806. The quantitative estimate of drug-likeness (QED) is 0.786. The minimum Gasteiger partial charge on any atom is -0.493 e. The maximum Gasteiger partial charge on any atom is 0.125 e.